The standard InChI is InChI=1S/C29H35N3/c1-22(21-32-18-16-30-17-19-32)31-15-5-8-24-13-14-28(29-10-3-2-9-27(24)29)26-12-11-23-6-4-7-25(23)20-26/h2-3,9-14,20,30-31H,1,4-8,15-19,21H2. The van der Waals surface area contributed by atoms with Gasteiger partial charge in [-0.1, -0.05) is 61.2 Å². The number of piperazine rings is 1. The van der Waals surface area contributed by atoms with Gasteiger partial charge in [-0.15, -0.1) is 0 Å². The fourth-order valence-corrected chi connectivity index (χ4v) is 5.31. The molecule has 1 fully saturated rings. The van der Waals surface area contributed by atoms with Gasteiger partial charge in [0, 0.05) is 45.0 Å². The molecule has 3 aromatic carbocycles. The summed E-state index contributed by atoms with van der Waals surface area (Å²) < 4.78 is 0. The molecule has 0 radical (unpaired) electrons. The van der Waals surface area contributed by atoms with Crippen LogP contribution in [0.1, 0.15) is 29.5 Å². The van der Waals surface area contributed by atoms with Gasteiger partial charge in [0.2, 0.25) is 0 Å². The molecule has 0 saturated carbocycles. The molecule has 3 nitrogen and oxygen atoms in total. The number of hydrogen-bond donors (Lipinski definition) is 2. The van der Waals surface area contributed by atoms with E-state index in [4.69, 9.17) is 0 Å². The van der Waals surface area contributed by atoms with Crippen molar-refractivity contribution in [2.24, 2.45) is 0 Å². The van der Waals surface area contributed by atoms with Gasteiger partial charge < -0.3 is 10.6 Å². The van der Waals surface area contributed by atoms with Gasteiger partial charge in [0.15, 0.2) is 0 Å². The summed E-state index contributed by atoms with van der Waals surface area (Å²) in [6, 6.07) is 20.7. The quantitative estimate of drug-likeness (QED) is 0.501. The van der Waals surface area contributed by atoms with E-state index in [9.17, 15) is 0 Å². The van der Waals surface area contributed by atoms with Crippen LogP contribution >= 0.6 is 0 Å². The van der Waals surface area contributed by atoms with E-state index in [0.29, 0.717) is 0 Å². The highest BCUT2D eigenvalue weighted by Crippen LogP contribution is 2.34. The Kier molecular flexibility index (Phi) is 6.56. The molecule has 1 heterocycles. The second-order valence-electron chi connectivity index (χ2n) is 9.31. The molecule has 0 aromatic heterocycles. The Morgan fingerprint density at radius 3 is 2.62 bits per heavy atom. The van der Waals surface area contributed by atoms with Crippen LogP contribution in [0.2, 0.25) is 0 Å². The highest BCUT2D eigenvalue weighted by molar-refractivity contribution is 5.98. The summed E-state index contributed by atoms with van der Waals surface area (Å²) in [7, 11) is 0. The summed E-state index contributed by atoms with van der Waals surface area (Å²) in [6.07, 6.45) is 5.97. The third kappa shape index (κ3) is 4.74. The van der Waals surface area contributed by atoms with Gasteiger partial charge >= 0.3 is 0 Å². The summed E-state index contributed by atoms with van der Waals surface area (Å²) in [5.74, 6) is 0. The first-order valence-corrected chi connectivity index (χ1v) is 12.3. The second kappa shape index (κ2) is 9.89. The highest BCUT2D eigenvalue weighted by Gasteiger charge is 2.14. The Bertz CT molecular complexity index is 1090. The molecule has 32 heavy (non-hydrogen) atoms. The van der Waals surface area contributed by atoms with E-state index in [2.05, 4.69) is 76.7 Å². The van der Waals surface area contributed by atoms with E-state index in [-0.39, 0.29) is 0 Å². The number of aryl methyl sites for hydroxylation is 3. The Morgan fingerprint density at radius 2 is 1.75 bits per heavy atom. The van der Waals surface area contributed by atoms with Crippen molar-refractivity contribution < 1.29 is 0 Å². The van der Waals surface area contributed by atoms with Crippen LogP contribution in [-0.2, 0) is 19.3 Å². The Balaban J connectivity index is 1.24. The summed E-state index contributed by atoms with van der Waals surface area (Å²) in [5, 5.41) is 9.73. The summed E-state index contributed by atoms with van der Waals surface area (Å²) >= 11 is 0. The van der Waals surface area contributed by atoms with Crippen molar-refractivity contribution in [1.29, 1.82) is 0 Å². The first-order chi connectivity index (χ1) is 15.8. The van der Waals surface area contributed by atoms with Gasteiger partial charge in [0.25, 0.3) is 0 Å². The van der Waals surface area contributed by atoms with Crippen molar-refractivity contribution in [3.63, 3.8) is 0 Å². The van der Waals surface area contributed by atoms with Gasteiger partial charge in [-0.3, -0.25) is 4.90 Å². The third-order valence-corrected chi connectivity index (χ3v) is 7.05. The molecular formula is C29H35N3. The zero-order valence-corrected chi connectivity index (χ0v) is 19.1. The monoisotopic (exact) mass is 425 g/mol. The number of rotatable bonds is 8. The maximum absolute atomic E-state index is 4.24. The molecule has 2 N–H and O–H groups in total. The molecule has 3 aromatic rings. The summed E-state index contributed by atoms with van der Waals surface area (Å²) in [6.45, 7) is 10.6. The maximum Gasteiger partial charge on any atom is 0.0376 e. The molecule has 1 saturated heterocycles. The van der Waals surface area contributed by atoms with Crippen molar-refractivity contribution >= 4 is 10.8 Å². The lowest BCUT2D eigenvalue weighted by atomic mass is 9.92. The van der Waals surface area contributed by atoms with Crippen molar-refractivity contribution in [1.82, 2.24) is 15.5 Å². The maximum atomic E-state index is 4.24. The zero-order chi connectivity index (χ0) is 21.8. The molecule has 3 heteroatoms. The van der Waals surface area contributed by atoms with E-state index in [1.54, 1.807) is 11.1 Å². The minimum absolute atomic E-state index is 0.958. The molecule has 0 unspecified atom stereocenters. The lowest BCUT2D eigenvalue weighted by Gasteiger charge is -2.28. The van der Waals surface area contributed by atoms with Crippen molar-refractivity contribution in [2.45, 2.75) is 32.1 Å². The van der Waals surface area contributed by atoms with E-state index in [0.717, 1.165) is 57.8 Å². The minimum atomic E-state index is 0.958. The zero-order valence-electron chi connectivity index (χ0n) is 19.1. The topological polar surface area (TPSA) is 27.3 Å². The fraction of sp³-hybridized carbons (Fsp3) is 0.379. The van der Waals surface area contributed by atoms with Crippen LogP contribution < -0.4 is 10.6 Å². The third-order valence-electron chi connectivity index (χ3n) is 7.05. The SMILES string of the molecule is C=C(CN1CCNCC1)NCCCc1ccc(-c2ccc3c(c2)CCC3)c2ccccc12. The molecular weight excluding hydrogens is 390 g/mol. The number of nitrogens with zero attached hydrogens (tertiary/aromatic N) is 1. The number of benzene rings is 3. The Morgan fingerprint density at radius 1 is 0.938 bits per heavy atom. The van der Waals surface area contributed by atoms with Gasteiger partial charge in [0.1, 0.15) is 0 Å². The summed E-state index contributed by atoms with van der Waals surface area (Å²) in [5.41, 5.74) is 8.40. The number of fused-ring (bicyclic) bond motifs is 2. The highest BCUT2D eigenvalue weighted by atomic mass is 15.2. The fourth-order valence-electron chi connectivity index (χ4n) is 5.31. The van der Waals surface area contributed by atoms with E-state index < -0.39 is 0 Å². The molecule has 5 rings (SSSR count). The van der Waals surface area contributed by atoms with Gasteiger partial charge in [0.05, 0.1) is 0 Å². The van der Waals surface area contributed by atoms with Crippen LogP contribution in [0.4, 0.5) is 0 Å². The predicted molar refractivity (Wildman–Crippen MR) is 136 cm³/mol. The number of hydrogen-bond acceptors (Lipinski definition) is 3. The Labute approximate surface area is 192 Å². The van der Waals surface area contributed by atoms with Crippen LogP contribution in [0.5, 0.6) is 0 Å². The van der Waals surface area contributed by atoms with Crippen molar-refractivity contribution in [3.05, 3.63) is 83.6 Å². The molecule has 0 atom stereocenters. The van der Waals surface area contributed by atoms with Crippen LogP contribution in [0.15, 0.2) is 66.9 Å². The average Bonchev–Trinajstić information content (AvgIpc) is 3.30. The predicted octanol–water partition coefficient (Wildman–Crippen LogP) is 4.94. The molecule has 0 amide bonds. The lowest BCUT2D eigenvalue weighted by molar-refractivity contribution is 0.255. The van der Waals surface area contributed by atoms with Gasteiger partial charge in [-0.2, -0.15) is 0 Å². The van der Waals surface area contributed by atoms with Gasteiger partial charge in [-0.25, -0.2) is 0 Å². The smallest absolute Gasteiger partial charge is 0.0376 e. The molecule has 1 aliphatic heterocycles. The molecule has 2 aliphatic rings. The van der Waals surface area contributed by atoms with E-state index in [1.807, 2.05) is 0 Å². The molecule has 1 aliphatic carbocycles. The van der Waals surface area contributed by atoms with Crippen molar-refractivity contribution in [2.75, 3.05) is 39.3 Å². The largest absolute Gasteiger partial charge is 0.388 e. The van der Waals surface area contributed by atoms with Crippen LogP contribution in [0.25, 0.3) is 21.9 Å². The Hall–Kier alpha value is -2.62. The average molecular weight is 426 g/mol. The molecule has 0 spiro atoms. The lowest BCUT2D eigenvalue weighted by Crippen LogP contribution is -2.45. The molecule has 0 bridgehead atoms. The van der Waals surface area contributed by atoms with Gasteiger partial charge in [-0.05, 0) is 70.7 Å². The first-order valence-electron chi connectivity index (χ1n) is 12.3. The minimum Gasteiger partial charge on any atom is -0.388 e. The van der Waals surface area contributed by atoms with Crippen LogP contribution in [0, 0.1) is 0 Å². The van der Waals surface area contributed by atoms with E-state index >= 15 is 0 Å². The van der Waals surface area contributed by atoms with Crippen molar-refractivity contribution in [3.8, 4) is 11.1 Å². The number of nitrogens with one attached hydrogen (secondary N) is 2. The van der Waals surface area contributed by atoms with Crippen LogP contribution in [-0.4, -0.2) is 44.2 Å². The summed E-state index contributed by atoms with van der Waals surface area (Å²) in [4.78, 5) is 2.47. The van der Waals surface area contributed by atoms with E-state index in [1.165, 1.54) is 46.7 Å². The first kappa shape index (κ1) is 21.2. The van der Waals surface area contributed by atoms with Crippen LogP contribution in [0.3, 0.4) is 0 Å². The normalized spacial score (nSPS) is 16.2. The second-order valence-corrected chi connectivity index (χ2v) is 9.31. The molecule has 166 valence electrons.